The van der Waals surface area contributed by atoms with Crippen molar-refractivity contribution in [2.45, 2.75) is 30.7 Å². The van der Waals surface area contributed by atoms with Crippen molar-refractivity contribution in [2.24, 2.45) is 0 Å². The number of halogens is 1. The molecule has 24 heavy (non-hydrogen) atoms. The van der Waals surface area contributed by atoms with E-state index in [0.717, 1.165) is 33.4 Å². The first-order valence-electron chi connectivity index (χ1n) is 7.94. The van der Waals surface area contributed by atoms with E-state index in [9.17, 15) is 4.79 Å². The summed E-state index contributed by atoms with van der Waals surface area (Å²) in [6.07, 6.45) is 1.34. The van der Waals surface area contributed by atoms with Gasteiger partial charge < -0.3 is 10.1 Å². The van der Waals surface area contributed by atoms with Crippen LogP contribution in [0.5, 0.6) is 5.75 Å². The summed E-state index contributed by atoms with van der Waals surface area (Å²) in [4.78, 5) is 13.3. The lowest BCUT2D eigenvalue weighted by molar-refractivity contribution is -0.121. The topological polar surface area (TPSA) is 38.3 Å². The van der Waals surface area contributed by atoms with Gasteiger partial charge in [-0.25, -0.2) is 0 Å². The van der Waals surface area contributed by atoms with Crippen molar-refractivity contribution in [3.05, 3.63) is 59.1 Å². The molecule has 0 saturated carbocycles. The molecular formula is C19H22ClNO2S. The second kappa shape index (κ2) is 9.60. The fourth-order valence-corrected chi connectivity index (χ4v) is 3.29. The number of carbonyl (C=O) groups excluding carboxylic acids is 1. The third kappa shape index (κ3) is 5.77. The molecule has 0 bridgehead atoms. The van der Waals surface area contributed by atoms with Crippen molar-refractivity contribution in [1.82, 2.24) is 5.32 Å². The fourth-order valence-electron chi connectivity index (χ4n) is 2.32. The first kappa shape index (κ1) is 18.7. The Morgan fingerprint density at radius 1 is 1.17 bits per heavy atom. The molecule has 0 aliphatic carbocycles. The summed E-state index contributed by atoms with van der Waals surface area (Å²) in [7, 11) is 1.65. The molecule has 5 heteroatoms. The lowest BCUT2D eigenvalue weighted by Gasteiger charge is -2.18. The summed E-state index contributed by atoms with van der Waals surface area (Å²) in [5.41, 5.74) is 1.09. The molecule has 0 spiro atoms. The van der Waals surface area contributed by atoms with E-state index in [0.29, 0.717) is 6.42 Å². The number of methoxy groups -OCH3 is 1. The van der Waals surface area contributed by atoms with Gasteiger partial charge in [0.05, 0.1) is 13.2 Å². The molecule has 1 amide bonds. The highest BCUT2D eigenvalue weighted by atomic mass is 35.5. The van der Waals surface area contributed by atoms with E-state index in [4.69, 9.17) is 16.3 Å². The van der Waals surface area contributed by atoms with Crippen LogP contribution in [0, 0.1) is 0 Å². The van der Waals surface area contributed by atoms with E-state index in [1.54, 1.807) is 18.9 Å². The van der Waals surface area contributed by atoms with Crippen LogP contribution < -0.4 is 10.1 Å². The minimum Gasteiger partial charge on any atom is -0.497 e. The molecule has 0 aromatic heterocycles. The summed E-state index contributed by atoms with van der Waals surface area (Å²) >= 11 is 7.52. The Labute approximate surface area is 152 Å². The van der Waals surface area contributed by atoms with Crippen LogP contribution in [-0.4, -0.2) is 18.8 Å². The van der Waals surface area contributed by atoms with Crippen LogP contribution in [0.4, 0.5) is 0 Å². The van der Waals surface area contributed by atoms with Crippen LogP contribution in [0.15, 0.2) is 53.4 Å². The monoisotopic (exact) mass is 363 g/mol. The molecule has 1 N–H and O–H groups in total. The second-order valence-corrected chi connectivity index (χ2v) is 6.96. The molecule has 0 aliphatic rings. The Morgan fingerprint density at radius 3 is 2.42 bits per heavy atom. The molecule has 0 saturated heterocycles. The smallest absolute Gasteiger partial charge is 0.221 e. The van der Waals surface area contributed by atoms with Gasteiger partial charge in [-0.05, 0) is 48.4 Å². The molecule has 2 rings (SSSR count). The highest BCUT2D eigenvalue weighted by molar-refractivity contribution is 7.99. The largest absolute Gasteiger partial charge is 0.497 e. The third-order valence-electron chi connectivity index (χ3n) is 3.67. The quantitative estimate of drug-likeness (QED) is 0.663. The van der Waals surface area contributed by atoms with Gasteiger partial charge in [-0.2, -0.15) is 0 Å². The van der Waals surface area contributed by atoms with Gasteiger partial charge in [0.2, 0.25) is 5.91 Å². The van der Waals surface area contributed by atoms with E-state index >= 15 is 0 Å². The molecule has 0 heterocycles. The highest BCUT2D eigenvalue weighted by Crippen LogP contribution is 2.22. The molecule has 0 radical (unpaired) electrons. The van der Waals surface area contributed by atoms with Crippen molar-refractivity contribution < 1.29 is 9.53 Å². The predicted molar refractivity (Wildman–Crippen MR) is 101 cm³/mol. The molecule has 0 aliphatic heterocycles. The normalized spacial score (nSPS) is 11.8. The standard InChI is InChI=1S/C19H22ClNO2S/c1-3-18(14-4-8-16(23-2)9-5-14)21-19(22)12-13-24-17-10-6-15(20)7-11-17/h4-11,18H,3,12-13H2,1-2H3,(H,21,22)/t18-/m1/s1. The van der Waals surface area contributed by atoms with Crippen LogP contribution in [0.1, 0.15) is 31.4 Å². The lowest BCUT2D eigenvalue weighted by atomic mass is 10.0. The lowest BCUT2D eigenvalue weighted by Crippen LogP contribution is -2.28. The molecule has 0 unspecified atom stereocenters. The van der Waals surface area contributed by atoms with E-state index in [-0.39, 0.29) is 11.9 Å². The van der Waals surface area contributed by atoms with E-state index in [1.165, 1.54) is 0 Å². The van der Waals surface area contributed by atoms with E-state index in [1.807, 2.05) is 48.5 Å². The van der Waals surface area contributed by atoms with Gasteiger partial charge >= 0.3 is 0 Å². The van der Waals surface area contributed by atoms with Crippen LogP contribution >= 0.6 is 23.4 Å². The summed E-state index contributed by atoms with van der Waals surface area (Å²) in [6, 6.07) is 15.5. The number of benzene rings is 2. The number of nitrogens with one attached hydrogen (secondary N) is 1. The Hall–Kier alpha value is -1.65. The van der Waals surface area contributed by atoms with Gasteiger partial charge in [0, 0.05) is 22.1 Å². The van der Waals surface area contributed by atoms with Crippen molar-refractivity contribution in [1.29, 1.82) is 0 Å². The Morgan fingerprint density at radius 2 is 1.83 bits per heavy atom. The van der Waals surface area contributed by atoms with Gasteiger partial charge in [-0.1, -0.05) is 30.7 Å². The highest BCUT2D eigenvalue weighted by Gasteiger charge is 2.12. The van der Waals surface area contributed by atoms with Crippen LogP contribution in [0.25, 0.3) is 0 Å². The van der Waals surface area contributed by atoms with E-state index in [2.05, 4.69) is 12.2 Å². The van der Waals surface area contributed by atoms with Gasteiger partial charge in [-0.15, -0.1) is 11.8 Å². The Bertz CT molecular complexity index is 643. The van der Waals surface area contributed by atoms with Gasteiger partial charge in [0.15, 0.2) is 0 Å². The number of amides is 1. The summed E-state index contributed by atoms with van der Waals surface area (Å²) in [5.74, 6) is 1.63. The Balaban J connectivity index is 1.81. The number of hydrogen-bond donors (Lipinski definition) is 1. The van der Waals surface area contributed by atoms with Crippen LogP contribution in [0.2, 0.25) is 5.02 Å². The van der Waals surface area contributed by atoms with Crippen LogP contribution in [0.3, 0.4) is 0 Å². The molecule has 3 nitrogen and oxygen atoms in total. The number of ether oxygens (including phenoxy) is 1. The summed E-state index contributed by atoms with van der Waals surface area (Å²) in [5, 5.41) is 3.83. The second-order valence-electron chi connectivity index (χ2n) is 5.35. The fraction of sp³-hybridized carbons (Fsp3) is 0.316. The van der Waals surface area contributed by atoms with E-state index < -0.39 is 0 Å². The zero-order valence-electron chi connectivity index (χ0n) is 13.9. The summed E-state index contributed by atoms with van der Waals surface area (Å²) < 4.78 is 5.17. The van der Waals surface area contributed by atoms with Crippen molar-refractivity contribution in [3.63, 3.8) is 0 Å². The summed E-state index contributed by atoms with van der Waals surface area (Å²) in [6.45, 7) is 2.07. The maximum Gasteiger partial charge on any atom is 0.221 e. The maximum absolute atomic E-state index is 12.2. The van der Waals surface area contributed by atoms with Crippen molar-refractivity contribution >= 4 is 29.3 Å². The molecule has 2 aromatic rings. The van der Waals surface area contributed by atoms with Gasteiger partial charge in [0.1, 0.15) is 5.75 Å². The zero-order valence-corrected chi connectivity index (χ0v) is 15.5. The maximum atomic E-state index is 12.2. The number of hydrogen-bond acceptors (Lipinski definition) is 3. The minimum atomic E-state index is 0.0314. The van der Waals surface area contributed by atoms with Crippen molar-refractivity contribution in [3.8, 4) is 5.75 Å². The average Bonchev–Trinajstić information content (AvgIpc) is 2.61. The molecular weight excluding hydrogens is 342 g/mol. The molecule has 0 fully saturated rings. The van der Waals surface area contributed by atoms with Crippen molar-refractivity contribution in [2.75, 3.05) is 12.9 Å². The SMILES string of the molecule is CC[C@@H](NC(=O)CCSc1ccc(Cl)cc1)c1ccc(OC)cc1. The molecule has 2 aromatic carbocycles. The average molecular weight is 364 g/mol. The predicted octanol–water partition coefficient (Wildman–Crippen LogP) is 5.10. The third-order valence-corrected chi connectivity index (χ3v) is 4.94. The number of rotatable bonds is 8. The number of carbonyl (C=O) groups is 1. The first-order chi connectivity index (χ1) is 11.6. The van der Waals surface area contributed by atoms with Gasteiger partial charge in [0.25, 0.3) is 0 Å². The molecule has 1 atom stereocenters. The Kier molecular flexibility index (Phi) is 7.47. The zero-order chi connectivity index (χ0) is 17.4. The minimum absolute atomic E-state index is 0.0314. The number of thioether (sulfide) groups is 1. The van der Waals surface area contributed by atoms with Gasteiger partial charge in [-0.3, -0.25) is 4.79 Å². The molecule has 128 valence electrons. The van der Waals surface area contributed by atoms with Crippen LogP contribution in [-0.2, 0) is 4.79 Å². The first-order valence-corrected chi connectivity index (χ1v) is 9.30.